The Bertz CT molecular complexity index is 970. The molecular formula is C21H20N2O4S. The maximum Gasteiger partial charge on any atom is 0.257 e. The minimum atomic E-state index is -0.334. The second-order valence-electron chi connectivity index (χ2n) is 5.87. The molecule has 0 fully saturated rings. The van der Waals surface area contributed by atoms with Gasteiger partial charge in [0, 0.05) is 16.6 Å². The Balaban J connectivity index is 1.74. The number of carbonyl (C=O) groups is 2. The topological polar surface area (TPSA) is 76.7 Å². The van der Waals surface area contributed by atoms with Gasteiger partial charge in [0.25, 0.3) is 5.91 Å². The lowest BCUT2D eigenvalue weighted by atomic mass is 10.1. The first kappa shape index (κ1) is 19.4. The summed E-state index contributed by atoms with van der Waals surface area (Å²) in [6.07, 6.45) is 0.267. The van der Waals surface area contributed by atoms with E-state index in [9.17, 15) is 9.59 Å². The second-order valence-corrected chi connectivity index (χ2v) is 6.91. The van der Waals surface area contributed by atoms with E-state index in [1.165, 1.54) is 18.4 Å². The molecule has 2 aromatic carbocycles. The molecule has 0 aliphatic carbocycles. The SMILES string of the molecule is COc1ccc(NC(=O)c2ccccc2NC(=O)Cc2cccs2)cc1OC. The zero-order chi connectivity index (χ0) is 19.9. The van der Waals surface area contributed by atoms with E-state index < -0.39 is 0 Å². The van der Waals surface area contributed by atoms with Crippen LogP contribution in [0, 0.1) is 0 Å². The Kier molecular flexibility index (Phi) is 6.29. The van der Waals surface area contributed by atoms with Crippen molar-refractivity contribution >= 4 is 34.5 Å². The zero-order valence-corrected chi connectivity index (χ0v) is 16.3. The van der Waals surface area contributed by atoms with Crippen molar-refractivity contribution in [3.63, 3.8) is 0 Å². The fraction of sp³-hybridized carbons (Fsp3) is 0.143. The first-order chi connectivity index (χ1) is 13.6. The maximum absolute atomic E-state index is 12.8. The molecular weight excluding hydrogens is 376 g/mol. The molecule has 1 heterocycles. The van der Waals surface area contributed by atoms with Gasteiger partial charge in [0.2, 0.25) is 5.91 Å². The fourth-order valence-electron chi connectivity index (χ4n) is 2.67. The van der Waals surface area contributed by atoms with Crippen molar-refractivity contribution in [2.45, 2.75) is 6.42 Å². The van der Waals surface area contributed by atoms with Crippen LogP contribution < -0.4 is 20.1 Å². The number of methoxy groups -OCH3 is 2. The fourth-order valence-corrected chi connectivity index (χ4v) is 3.37. The Labute approximate surface area is 167 Å². The highest BCUT2D eigenvalue weighted by Crippen LogP contribution is 2.30. The summed E-state index contributed by atoms with van der Waals surface area (Å²) < 4.78 is 10.5. The molecule has 1 aromatic heterocycles. The van der Waals surface area contributed by atoms with Gasteiger partial charge in [0.1, 0.15) is 0 Å². The summed E-state index contributed by atoms with van der Waals surface area (Å²) >= 11 is 1.52. The van der Waals surface area contributed by atoms with E-state index in [1.54, 1.807) is 49.6 Å². The number of rotatable bonds is 7. The molecule has 7 heteroatoms. The lowest BCUT2D eigenvalue weighted by molar-refractivity contribution is -0.115. The second kappa shape index (κ2) is 9.05. The molecule has 144 valence electrons. The van der Waals surface area contributed by atoms with Gasteiger partial charge in [0.05, 0.1) is 31.9 Å². The predicted octanol–water partition coefficient (Wildman–Crippen LogP) is 4.20. The molecule has 0 atom stereocenters. The number of thiophene rings is 1. The molecule has 0 bridgehead atoms. The first-order valence-corrected chi connectivity index (χ1v) is 9.43. The van der Waals surface area contributed by atoms with E-state index >= 15 is 0 Å². The van der Waals surface area contributed by atoms with Gasteiger partial charge in [-0.1, -0.05) is 18.2 Å². The normalized spacial score (nSPS) is 10.2. The summed E-state index contributed by atoms with van der Waals surface area (Å²) in [6.45, 7) is 0. The van der Waals surface area contributed by atoms with E-state index in [2.05, 4.69) is 10.6 Å². The highest BCUT2D eigenvalue weighted by atomic mass is 32.1. The molecule has 3 aromatic rings. The maximum atomic E-state index is 12.8. The third-order valence-corrected chi connectivity index (χ3v) is 4.88. The van der Waals surface area contributed by atoms with Gasteiger partial charge < -0.3 is 20.1 Å². The lowest BCUT2D eigenvalue weighted by Crippen LogP contribution is -2.19. The molecule has 3 rings (SSSR count). The van der Waals surface area contributed by atoms with Crippen molar-refractivity contribution in [1.82, 2.24) is 0 Å². The zero-order valence-electron chi connectivity index (χ0n) is 15.5. The van der Waals surface area contributed by atoms with E-state index in [-0.39, 0.29) is 18.2 Å². The van der Waals surface area contributed by atoms with E-state index in [1.807, 2.05) is 17.5 Å². The number of nitrogens with one attached hydrogen (secondary N) is 2. The van der Waals surface area contributed by atoms with E-state index in [0.717, 1.165) is 4.88 Å². The number of hydrogen-bond donors (Lipinski definition) is 2. The quantitative estimate of drug-likeness (QED) is 0.628. The predicted molar refractivity (Wildman–Crippen MR) is 111 cm³/mol. The van der Waals surface area contributed by atoms with Gasteiger partial charge >= 0.3 is 0 Å². The van der Waals surface area contributed by atoms with Crippen LogP contribution in [0.1, 0.15) is 15.2 Å². The summed E-state index contributed by atoms with van der Waals surface area (Å²) in [6, 6.07) is 15.8. The van der Waals surface area contributed by atoms with Crippen molar-refractivity contribution < 1.29 is 19.1 Å². The molecule has 0 spiro atoms. The van der Waals surface area contributed by atoms with Crippen LogP contribution >= 0.6 is 11.3 Å². The van der Waals surface area contributed by atoms with Crippen LogP contribution in [0.15, 0.2) is 60.0 Å². The van der Waals surface area contributed by atoms with Crippen molar-refractivity contribution in [3.8, 4) is 11.5 Å². The highest BCUT2D eigenvalue weighted by Gasteiger charge is 2.15. The smallest absolute Gasteiger partial charge is 0.257 e. The highest BCUT2D eigenvalue weighted by molar-refractivity contribution is 7.10. The van der Waals surface area contributed by atoms with Crippen LogP contribution in [0.4, 0.5) is 11.4 Å². The number of ether oxygens (including phenoxy) is 2. The number of para-hydroxylation sites is 1. The van der Waals surface area contributed by atoms with Crippen LogP contribution in [0.3, 0.4) is 0 Å². The summed E-state index contributed by atoms with van der Waals surface area (Å²) in [5.41, 5.74) is 1.39. The van der Waals surface area contributed by atoms with Gasteiger partial charge in [-0.15, -0.1) is 11.3 Å². The number of benzene rings is 2. The molecule has 0 aliphatic heterocycles. The number of amides is 2. The van der Waals surface area contributed by atoms with Crippen molar-refractivity contribution in [2.75, 3.05) is 24.9 Å². The third kappa shape index (κ3) is 4.69. The molecule has 0 saturated carbocycles. The van der Waals surface area contributed by atoms with Gasteiger partial charge in [-0.3, -0.25) is 9.59 Å². The monoisotopic (exact) mass is 396 g/mol. The Morgan fingerprint density at radius 1 is 0.929 bits per heavy atom. The molecule has 0 radical (unpaired) electrons. The summed E-state index contributed by atoms with van der Waals surface area (Å²) in [5, 5.41) is 7.56. The Hall–Kier alpha value is -3.32. The number of carbonyl (C=O) groups excluding carboxylic acids is 2. The van der Waals surface area contributed by atoms with Crippen molar-refractivity contribution in [1.29, 1.82) is 0 Å². The van der Waals surface area contributed by atoms with Crippen LogP contribution in [-0.4, -0.2) is 26.0 Å². The molecule has 2 amide bonds. The van der Waals surface area contributed by atoms with Crippen LogP contribution in [0.5, 0.6) is 11.5 Å². The number of hydrogen-bond acceptors (Lipinski definition) is 5. The van der Waals surface area contributed by atoms with Crippen LogP contribution in [0.25, 0.3) is 0 Å². The van der Waals surface area contributed by atoms with Gasteiger partial charge in [0.15, 0.2) is 11.5 Å². The molecule has 2 N–H and O–H groups in total. The molecule has 28 heavy (non-hydrogen) atoms. The summed E-state index contributed by atoms with van der Waals surface area (Å²) in [4.78, 5) is 26.0. The van der Waals surface area contributed by atoms with Crippen LogP contribution in [0.2, 0.25) is 0 Å². The third-order valence-electron chi connectivity index (χ3n) is 4.00. The van der Waals surface area contributed by atoms with Gasteiger partial charge in [-0.2, -0.15) is 0 Å². The Morgan fingerprint density at radius 2 is 1.71 bits per heavy atom. The lowest BCUT2D eigenvalue weighted by Gasteiger charge is -2.13. The van der Waals surface area contributed by atoms with Gasteiger partial charge in [-0.25, -0.2) is 0 Å². The molecule has 6 nitrogen and oxygen atoms in total. The van der Waals surface area contributed by atoms with Gasteiger partial charge in [-0.05, 0) is 35.7 Å². The molecule has 0 saturated heterocycles. The molecule has 0 unspecified atom stereocenters. The van der Waals surface area contributed by atoms with Crippen molar-refractivity contribution in [3.05, 3.63) is 70.4 Å². The van der Waals surface area contributed by atoms with Crippen molar-refractivity contribution in [2.24, 2.45) is 0 Å². The summed E-state index contributed by atoms with van der Waals surface area (Å²) in [5.74, 6) is 0.577. The molecule has 0 aliphatic rings. The van der Waals surface area contributed by atoms with E-state index in [0.29, 0.717) is 28.4 Å². The average Bonchev–Trinajstić information content (AvgIpc) is 3.21. The summed E-state index contributed by atoms with van der Waals surface area (Å²) in [7, 11) is 3.08. The minimum Gasteiger partial charge on any atom is -0.493 e. The number of anilines is 2. The Morgan fingerprint density at radius 3 is 2.43 bits per heavy atom. The van der Waals surface area contributed by atoms with Crippen LogP contribution in [-0.2, 0) is 11.2 Å². The minimum absolute atomic E-state index is 0.172. The van der Waals surface area contributed by atoms with E-state index in [4.69, 9.17) is 9.47 Å². The standard InChI is InChI=1S/C21H20N2O4S/c1-26-18-10-9-14(12-19(18)27-2)22-21(25)16-7-3-4-8-17(16)23-20(24)13-15-6-5-11-28-15/h3-12H,13H2,1-2H3,(H,22,25)(H,23,24). The average molecular weight is 396 g/mol. The largest absolute Gasteiger partial charge is 0.493 e. The first-order valence-electron chi connectivity index (χ1n) is 8.55.